The molecule has 2 nitrogen and oxygen atoms in total. The molecule has 0 amide bonds. The van der Waals surface area contributed by atoms with Crippen LogP contribution in [0.3, 0.4) is 0 Å². The van der Waals surface area contributed by atoms with Gasteiger partial charge in [-0.1, -0.05) is 41.9 Å². The van der Waals surface area contributed by atoms with Crippen LogP contribution in [0.15, 0.2) is 42.5 Å². The Morgan fingerprint density at radius 2 is 1.90 bits per heavy atom. The third-order valence-corrected chi connectivity index (χ3v) is 3.70. The number of halogens is 3. The van der Waals surface area contributed by atoms with E-state index in [0.29, 0.717) is 23.4 Å². The average molecular weight is 309 g/mol. The summed E-state index contributed by atoms with van der Waals surface area (Å²) in [6.07, 6.45) is 0. The first-order valence-corrected chi connectivity index (χ1v) is 7.04. The quantitative estimate of drug-likeness (QED) is 0.646. The predicted octanol–water partition coefficient (Wildman–Crippen LogP) is 4.62. The highest BCUT2D eigenvalue weighted by Gasteiger charge is 2.13. The number of rotatable bonds is 3. The Morgan fingerprint density at radius 3 is 2.60 bits per heavy atom. The second kappa shape index (κ2) is 5.43. The van der Waals surface area contributed by atoms with Crippen LogP contribution in [0.5, 0.6) is 0 Å². The second-order valence-corrected chi connectivity index (χ2v) is 5.16. The molecule has 20 heavy (non-hydrogen) atoms. The molecule has 0 radical (unpaired) electrons. The first-order chi connectivity index (χ1) is 9.69. The molecule has 0 saturated carbocycles. The Balaban J connectivity index is 2.15. The van der Waals surface area contributed by atoms with Crippen molar-refractivity contribution in [3.8, 4) is 0 Å². The molecule has 0 aliphatic rings. The van der Waals surface area contributed by atoms with Gasteiger partial charge in [-0.05, 0) is 11.6 Å². The molecule has 1 aromatic heterocycles. The largest absolute Gasteiger partial charge is 0.322 e. The molecule has 0 bridgehead atoms. The van der Waals surface area contributed by atoms with Gasteiger partial charge in [0.25, 0.3) is 0 Å². The molecule has 102 valence electrons. The summed E-state index contributed by atoms with van der Waals surface area (Å²) in [6, 6.07) is 12.8. The number of hydrogen-bond donors (Lipinski definition) is 0. The first-order valence-electron chi connectivity index (χ1n) is 6.13. The topological polar surface area (TPSA) is 17.8 Å². The lowest BCUT2D eigenvalue weighted by Crippen LogP contribution is -2.03. The summed E-state index contributed by atoms with van der Waals surface area (Å²) in [5, 5.41) is 0.0722. The zero-order chi connectivity index (χ0) is 14.1. The van der Waals surface area contributed by atoms with Gasteiger partial charge in [0.15, 0.2) is 0 Å². The summed E-state index contributed by atoms with van der Waals surface area (Å²) in [4.78, 5) is 4.41. The second-order valence-electron chi connectivity index (χ2n) is 4.49. The molecular formula is C15H11Cl2FN2. The van der Waals surface area contributed by atoms with Gasteiger partial charge < -0.3 is 4.57 Å². The number of alkyl halides is 1. The minimum atomic E-state index is -0.450. The van der Waals surface area contributed by atoms with Gasteiger partial charge in [-0.25, -0.2) is 9.37 Å². The molecular weight excluding hydrogens is 298 g/mol. The number of imidazole rings is 1. The van der Waals surface area contributed by atoms with Crippen LogP contribution in [-0.4, -0.2) is 9.55 Å². The molecule has 2 aromatic carbocycles. The van der Waals surface area contributed by atoms with Crippen molar-refractivity contribution in [2.45, 2.75) is 12.4 Å². The summed E-state index contributed by atoms with van der Waals surface area (Å²) in [5.74, 6) is 0.516. The van der Waals surface area contributed by atoms with E-state index in [1.165, 1.54) is 12.1 Å². The van der Waals surface area contributed by atoms with E-state index in [2.05, 4.69) is 4.98 Å². The third-order valence-electron chi connectivity index (χ3n) is 3.17. The van der Waals surface area contributed by atoms with E-state index in [1.807, 2.05) is 34.9 Å². The van der Waals surface area contributed by atoms with Crippen molar-refractivity contribution in [3.63, 3.8) is 0 Å². The molecule has 0 aliphatic carbocycles. The smallest absolute Gasteiger partial charge is 0.144 e. The monoisotopic (exact) mass is 308 g/mol. The molecule has 0 atom stereocenters. The molecule has 1 heterocycles. The van der Waals surface area contributed by atoms with E-state index in [-0.39, 0.29) is 10.9 Å². The summed E-state index contributed by atoms with van der Waals surface area (Å²) in [6.45, 7) is 0.598. The van der Waals surface area contributed by atoms with E-state index < -0.39 is 5.82 Å². The SMILES string of the molecule is Fc1cc2c(cc1Cl)nc(CCl)n2Cc1ccccc1. The van der Waals surface area contributed by atoms with Crippen LogP contribution in [0.25, 0.3) is 11.0 Å². The first kappa shape index (κ1) is 13.4. The van der Waals surface area contributed by atoms with Gasteiger partial charge >= 0.3 is 0 Å². The number of aromatic nitrogens is 2. The van der Waals surface area contributed by atoms with Crippen LogP contribution < -0.4 is 0 Å². The summed E-state index contributed by atoms with van der Waals surface area (Å²) < 4.78 is 15.6. The highest BCUT2D eigenvalue weighted by molar-refractivity contribution is 6.31. The van der Waals surface area contributed by atoms with Crippen LogP contribution in [0.2, 0.25) is 5.02 Å². The standard InChI is InChI=1S/C15H11Cl2FN2/c16-8-15-19-13-6-11(17)12(18)7-14(13)20(15)9-10-4-2-1-3-5-10/h1-7H,8-9H2. The van der Waals surface area contributed by atoms with E-state index in [0.717, 1.165) is 5.56 Å². The van der Waals surface area contributed by atoms with Crippen molar-refractivity contribution >= 4 is 34.2 Å². The highest BCUT2D eigenvalue weighted by atomic mass is 35.5. The van der Waals surface area contributed by atoms with Crippen molar-refractivity contribution < 1.29 is 4.39 Å². The Hall–Kier alpha value is -1.58. The summed E-state index contributed by atoms with van der Waals surface area (Å²) in [7, 11) is 0. The lowest BCUT2D eigenvalue weighted by atomic mass is 10.2. The lowest BCUT2D eigenvalue weighted by molar-refractivity contribution is 0.628. The van der Waals surface area contributed by atoms with Gasteiger partial charge in [-0.3, -0.25) is 0 Å². The van der Waals surface area contributed by atoms with Crippen LogP contribution in [0.1, 0.15) is 11.4 Å². The maximum absolute atomic E-state index is 13.7. The molecule has 0 N–H and O–H groups in total. The van der Waals surface area contributed by atoms with Gasteiger partial charge in [0, 0.05) is 12.6 Å². The fraction of sp³-hybridized carbons (Fsp3) is 0.133. The van der Waals surface area contributed by atoms with E-state index in [9.17, 15) is 4.39 Å². The number of benzene rings is 2. The van der Waals surface area contributed by atoms with Gasteiger partial charge in [-0.15, -0.1) is 11.6 Å². The molecule has 0 unspecified atom stereocenters. The lowest BCUT2D eigenvalue weighted by Gasteiger charge is -2.08. The van der Waals surface area contributed by atoms with E-state index in [4.69, 9.17) is 23.2 Å². The maximum Gasteiger partial charge on any atom is 0.144 e. The highest BCUT2D eigenvalue weighted by Crippen LogP contribution is 2.25. The van der Waals surface area contributed by atoms with Gasteiger partial charge in [0.1, 0.15) is 11.6 Å². The Bertz CT molecular complexity index is 753. The third kappa shape index (κ3) is 2.39. The van der Waals surface area contributed by atoms with Crippen molar-refractivity contribution in [2.75, 3.05) is 0 Å². The minimum absolute atomic E-state index is 0.0722. The number of fused-ring (bicyclic) bond motifs is 1. The molecule has 0 aliphatic heterocycles. The molecule has 0 spiro atoms. The van der Waals surface area contributed by atoms with Gasteiger partial charge in [0.05, 0.1) is 21.9 Å². The van der Waals surface area contributed by atoms with Gasteiger partial charge in [-0.2, -0.15) is 0 Å². The number of nitrogens with zero attached hydrogens (tertiary/aromatic N) is 2. The molecule has 3 rings (SSSR count). The summed E-state index contributed by atoms with van der Waals surface area (Å²) in [5.41, 5.74) is 2.46. The molecule has 0 fully saturated rings. The average Bonchev–Trinajstić information content (AvgIpc) is 2.78. The van der Waals surface area contributed by atoms with Crippen molar-refractivity contribution in [3.05, 3.63) is 64.7 Å². The Kier molecular flexibility index (Phi) is 3.64. The normalized spacial score (nSPS) is 11.2. The van der Waals surface area contributed by atoms with Crippen LogP contribution in [-0.2, 0) is 12.4 Å². The van der Waals surface area contributed by atoms with Crippen LogP contribution >= 0.6 is 23.2 Å². The van der Waals surface area contributed by atoms with E-state index in [1.54, 1.807) is 0 Å². The number of hydrogen-bond acceptors (Lipinski definition) is 1. The molecule has 5 heteroatoms. The molecule has 3 aromatic rings. The zero-order valence-corrected chi connectivity index (χ0v) is 12.0. The zero-order valence-electron chi connectivity index (χ0n) is 10.5. The van der Waals surface area contributed by atoms with Crippen molar-refractivity contribution in [1.82, 2.24) is 9.55 Å². The fourth-order valence-electron chi connectivity index (χ4n) is 2.21. The van der Waals surface area contributed by atoms with Crippen molar-refractivity contribution in [1.29, 1.82) is 0 Å². The van der Waals surface area contributed by atoms with Crippen molar-refractivity contribution in [2.24, 2.45) is 0 Å². The Labute approximate surface area is 125 Å². The fourth-order valence-corrected chi connectivity index (χ4v) is 2.58. The summed E-state index contributed by atoms with van der Waals surface area (Å²) >= 11 is 11.7. The molecule has 0 saturated heterocycles. The Morgan fingerprint density at radius 1 is 1.15 bits per heavy atom. The predicted molar refractivity (Wildman–Crippen MR) is 79.8 cm³/mol. The van der Waals surface area contributed by atoms with Crippen LogP contribution in [0, 0.1) is 5.82 Å². The van der Waals surface area contributed by atoms with Crippen LogP contribution in [0.4, 0.5) is 4.39 Å². The minimum Gasteiger partial charge on any atom is -0.322 e. The van der Waals surface area contributed by atoms with E-state index >= 15 is 0 Å². The maximum atomic E-state index is 13.7. The van der Waals surface area contributed by atoms with Gasteiger partial charge in [0.2, 0.25) is 0 Å².